The van der Waals surface area contributed by atoms with E-state index in [1.165, 1.54) is 18.2 Å². The summed E-state index contributed by atoms with van der Waals surface area (Å²) in [6, 6.07) is 9.44. The van der Waals surface area contributed by atoms with Crippen LogP contribution in [0.4, 0.5) is 0 Å². The first kappa shape index (κ1) is 22.8. The SMILES string of the molecule is CCc1cc(Br)ccc1-n1c(O)c(C=NNC(=O)c2ccc(Cl)cc2Cl)c(=O)[nH]c1=O. The fraction of sp³-hybridized carbons (Fsp3) is 0.100. The molecule has 0 aliphatic carbocycles. The lowest BCUT2D eigenvalue weighted by molar-refractivity contribution is 0.0955. The van der Waals surface area contributed by atoms with Gasteiger partial charge in [-0.05, 0) is 48.4 Å². The highest BCUT2D eigenvalue weighted by Gasteiger charge is 2.17. The van der Waals surface area contributed by atoms with Crippen LogP contribution in [0, 0.1) is 0 Å². The van der Waals surface area contributed by atoms with Gasteiger partial charge in [-0.25, -0.2) is 14.8 Å². The van der Waals surface area contributed by atoms with Crippen LogP contribution in [0.15, 0.2) is 55.6 Å². The van der Waals surface area contributed by atoms with Gasteiger partial charge in [-0.15, -0.1) is 0 Å². The molecule has 31 heavy (non-hydrogen) atoms. The highest BCUT2D eigenvalue weighted by Crippen LogP contribution is 2.23. The second-order valence-electron chi connectivity index (χ2n) is 6.28. The number of nitrogens with zero attached hydrogens (tertiary/aromatic N) is 2. The zero-order valence-electron chi connectivity index (χ0n) is 15.9. The number of H-pyrrole nitrogens is 1. The second-order valence-corrected chi connectivity index (χ2v) is 8.04. The van der Waals surface area contributed by atoms with Gasteiger partial charge in [0.05, 0.1) is 22.5 Å². The van der Waals surface area contributed by atoms with Crippen molar-refractivity contribution in [1.82, 2.24) is 15.0 Å². The molecule has 0 aliphatic rings. The molecule has 160 valence electrons. The lowest BCUT2D eigenvalue weighted by Crippen LogP contribution is -2.32. The summed E-state index contributed by atoms with van der Waals surface area (Å²) >= 11 is 15.2. The van der Waals surface area contributed by atoms with Crippen molar-refractivity contribution in [2.45, 2.75) is 13.3 Å². The van der Waals surface area contributed by atoms with Gasteiger partial charge in [-0.3, -0.25) is 14.6 Å². The van der Waals surface area contributed by atoms with Gasteiger partial charge in [0.15, 0.2) is 0 Å². The average molecular weight is 526 g/mol. The van der Waals surface area contributed by atoms with Crippen molar-refractivity contribution in [2.75, 3.05) is 0 Å². The molecule has 3 aromatic rings. The molecule has 0 bridgehead atoms. The van der Waals surface area contributed by atoms with E-state index in [1.807, 2.05) is 6.92 Å². The van der Waals surface area contributed by atoms with E-state index in [0.717, 1.165) is 20.8 Å². The number of nitrogens with one attached hydrogen (secondary N) is 2. The molecule has 0 radical (unpaired) electrons. The van der Waals surface area contributed by atoms with E-state index in [1.54, 1.807) is 18.2 Å². The lowest BCUT2D eigenvalue weighted by atomic mass is 10.1. The fourth-order valence-electron chi connectivity index (χ4n) is 2.82. The van der Waals surface area contributed by atoms with Crippen molar-refractivity contribution >= 4 is 51.3 Å². The number of halogens is 3. The maximum absolute atomic E-state index is 12.4. The third kappa shape index (κ3) is 4.90. The van der Waals surface area contributed by atoms with E-state index < -0.39 is 23.0 Å². The minimum Gasteiger partial charge on any atom is -0.493 e. The number of aromatic hydroxyl groups is 1. The van der Waals surface area contributed by atoms with E-state index in [-0.39, 0.29) is 16.1 Å². The van der Waals surface area contributed by atoms with E-state index in [0.29, 0.717) is 17.1 Å². The molecule has 1 amide bonds. The zero-order valence-corrected chi connectivity index (χ0v) is 19.0. The third-order valence-electron chi connectivity index (χ3n) is 4.32. The largest absolute Gasteiger partial charge is 0.493 e. The molecular weight excluding hydrogens is 511 g/mol. The van der Waals surface area contributed by atoms with Gasteiger partial charge in [-0.2, -0.15) is 5.10 Å². The van der Waals surface area contributed by atoms with Crippen LogP contribution in [0.2, 0.25) is 10.0 Å². The van der Waals surface area contributed by atoms with Crippen LogP contribution in [-0.2, 0) is 6.42 Å². The molecule has 3 N–H and O–H groups in total. The van der Waals surface area contributed by atoms with Crippen molar-refractivity contribution < 1.29 is 9.90 Å². The van der Waals surface area contributed by atoms with Gasteiger partial charge >= 0.3 is 5.69 Å². The first-order valence-electron chi connectivity index (χ1n) is 8.88. The Bertz CT molecular complexity index is 1320. The number of aromatic nitrogens is 2. The van der Waals surface area contributed by atoms with Gasteiger partial charge in [-0.1, -0.05) is 46.1 Å². The summed E-state index contributed by atoms with van der Waals surface area (Å²) in [6.45, 7) is 1.89. The Hall–Kier alpha value is -2.88. The summed E-state index contributed by atoms with van der Waals surface area (Å²) in [7, 11) is 0. The van der Waals surface area contributed by atoms with Gasteiger partial charge in [0, 0.05) is 9.50 Å². The Balaban J connectivity index is 1.98. The van der Waals surface area contributed by atoms with Gasteiger partial charge in [0.25, 0.3) is 11.5 Å². The van der Waals surface area contributed by atoms with Crippen LogP contribution in [-0.4, -0.2) is 26.8 Å². The first-order chi connectivity index (χ1) is 14.7. The molecule has 0 saturated heterocycles. The average Bonchev–Trinajstić information content (AvgIpc) is 2.71. The Kier molecular flexibility index (Phi) is 6.99. The molecule has 2 aromatic carbocycles. The number of carbonyl (C=O) groups is 1. The predicted octanol–water partition coefficient (Wildman–Crippen LogP) is 3.63. The predicted molar refractivity (Wildman–Crippen MR) is 123 cm³/mol. The number of benzene rings is 2. The molecule has 8 nitrogen and oxygen atoms in total. The number of hydrogen-bond donors (Lipinski definition) is 3. The van der Waals surface area contributed by atoms with E-state index in [4.69, 9.17) is 23.2 Å². The molecule has 0 unspecified atom stereocenters. The van der Waals surface area contributed by atoms with Crippen molar-refractivity contribution in [2.24, 2.45) is 5.10 Å². The third-order valence-corrected chi connectivity index (χ3v) is 5.36. The number of hydrazone groups is 1. The Morgan fingerprint density at radius 1 is 1.26 bits per heavy atom. The normalized spacial score (nSPS) is 11.1. The Morgan fingerprint density at radius 2 is 2.00 bits per heavy atom. The van der Waals surface area contributed by atoms with Crippen LogP contribution in [0.25, 0.3) is 5.69 Å². The maximum Gasteiger partial charge on any atom is 0.335 e. The number of aromatic amines is 1. The molecule has 0 aliphatic heterocycles. The van der Waals surface area contributed by atoms with Gasteiger partial charge in [0.2, 0.25) is 5.88 Å². The van der Waals surface area contributed by atoms with Crippen LogP contribution in [0.1, 0.15) is 28.4 Å². The summed E-state index contributed by atoms with van der Waals surface area (Å²) in [5.41, 5.74) is 1.50. The van der Waals surface area contributed by atoms with Gasteiger partial charge < -0.3 is 5.11 Å². The smallest absolute Gasteiger partial charge is 0.335 e. The highest BCUT2D eigenvalue weighted by atomic mass is 79.9. The quantitative estimate of drug-likeness (QED) is 0.348. The summed E-state index contributed by atoms with van der Waals surface area (Å²) in [4.78, 5) is 39.0. The lowest BCUT2D eigenvalue weighted by Gasteiger charge is -2.13. The Labute approximate surface area is 194 Å². The van der Waals surface area contributed by atoms with Crippen LogP contribution in [0.5, 0.6) is 5.88 Å². The van der Waals surface area contributed by atoms with Crippen molar-refractivity contribution in [1.29, 1.82) is 0 Å². The summed E-state index contributed by atoms with van der Waals surface area (Å²) in [5, 5.41) is 14.8. The van der Waals surface area contributed by atoms with Crippen molar-refractivity contribution in [3.8, 4) is 11.6 Å². The molecule has 11 heteroatoms. The number of carbonyl (C=O) groups excluding carboxylic acids is 1. The minimum atomic E-state index is -0.864. The van der Waals surface area contributed by atoms with Crippen molar-refractivity contribution in [3.05, 3.63) is 88.4 Å². The molecule has 0 atom stereocenters. The maximum atomic E-state index is 12.4. The molecule has 1 aromatic heterocycles. The molecule has 0 saturated carbocycles. The standard InChI is InChI=1S/C20H15BrCl2N4O4/c1-2-10-7-11(21)3-6-16(10)27-19(30)14(17(28)25-20(27)31)9-24-26-18(29)13-5-4-12(22)8-15(13)23/h3-9,30H,2H2,1H3,(H,26,29)(H,25,28,31). The molecule has 3 rings (SSSR count). The fourth-order valence-corrected chi connectivity index (χ4v) is 3.73. The number of rotatable bonds is 5. The molecule has 0 spiro atoms. The highest BCUT2D eigenvalue weighted by molar-refractivity contribution is 9.10. The minimum absolute atomic E-state index is 0.119. The summed E-state index contributed by atoms with van der Waals surface area (Å²) in [5.74, 6) is -1.27. The topological polar surface area (TPSA) is 117 Å². The zero-order chi connectivity index (χ0) is 22.7. The molecule has 1 heterocycles. The van der Waals surface area contributed by atoms with Crippen molar-refractivity contribution in [3.63, 3.8) is 0 Å². The first-order valence-corrected chi connectivity index (χ1v) is 10.4. The van der Waals surface area contributed by atoms with E-state index >= 15 is 0 Å². The van der Waals surface area contributed by atoms with Crippen LogP contribution in [0.3, 0.4) is 0 Å². The monoisotopic (exact) mass is 524 g/mol. The molecule has 0 fully saturated rings. The summed E-state index contributed by atoms with van der Waals surface area (Å²) < 4.78 is 1.77. The summed E-state index contributed by atoms with van der Waals surface area (Å²) in [6.07, 6.45) is 1.51. The molecular formula is C20H15BrCl2N4O4. The number of hydrogen-bond acceptors (Lipinski definition) is 5. The second kappa shape index (κ2) is 9.51. The van der Waals surface area contributed by atoms with Gasteiger partial charge in [0.1, 0.15) is 5.56 Å². The van der Waals surface area contributed by atoms with E-state index in [9.17, 15) is 19.5 Å². The van der Waals surface area contributed by atoms with Crippen LogP contribution < -0.4 is 16.7 Å². The number of aryl methyl sites for hydroxylation is 1. The Morgan fingerprint density at radius 3 is 2.68 bits per heavy atom. The van der Waals surface area contributed by atoms with Crippen LogP contribution >= 0.6 is 39.1 Å². The number of amides is 1. The van der Waals surface area contributed by atoms with E-state index in [2.05, 4.69) is 31.4 Å².